The summed E-state index contributed by atoms with van der Waals surface area (Å²) < 4.78 is 10.4. The Morgan fingerprint density at radius 2 is 1.93 bits per heavy atom. The predicted octanol–water partition coefficient (Wildman–Crippen LogP) is 3.46. The molecule has 0 saturated carbocycles. The van der Waals surface area contributed by atoms with Crippen molar-refractivity contribution in [3.05, 3.63) is 63.2 Å². The van der Waals surface area contributed by atoms with Gasteiger partial charge in [-0.3, -0.25) is 14.9 Å². The number of amides is 1. The highest BCUT2D eigenvalue weighted by atomic mass is 16.6. The van der Waals surface area contributed by atoms with Gasteiger partial charge in [-0.05, 0) is 36.1 Å². The van der Waals surface area contributed by atoms with Gasteiger partial charge in [0.1, 0.15) is 11.8 Å². The molecule has 9 heteroatoms. The fourth-order valence-corrected chi connectivity index (χ4v) is 2.60. The van der Waals surface area contributed by atoms with Crippen molar-refractivity contribution in [3.63, 3.8) is 0 Å². The van der Waals surface area contributed by atoms with Crippen LogP contribution < -0.4 is 10.1 Å². The van der Waals surface area contributed by atoms with E-state index in [1.165, 1.54) is 6.07 Å². The van der Waals surface area contributed by atoms with Crippen LogP contribution >= 0.6 is 0 Å². The minimum Gasteiger partial charge on any atom is -0.482 e. The minimum absolute atomic E-state index is 0.0760. The van der Waals surface area contributed by atoms with Crippen molar-refractivity contribution in [3.8, 4) is 11.8 Å². The summed E-state index contributed by atoms with van der Waals surface area (Å²) >= 11 is 0. The molecule has 2 aromatic carbocycles. The number of esters is 1. The molecule has 1 N–H and O–H groups in total. The number of anilines is 1. The van der Waals surface area contributed by atoms with Crippen molar-refractivity contribution in [1.82, 2.24) is 0 Å². The zero-order valence-corrected chi connectivity index (χ0v) is 16.8. The maximum Gasteiger partial charge on any atom is 0.344 e. The number of non-ortho nitro benzene ring substituents is 1. The van der Waals surface area contributed by atoms with Gasteiger partial charge in [0.05, 0.1) is 16.2 Å². The van der Waals surface area contributed by atoms with Crippen LogP contribution in [0.5, 0.6) is 5.75 Å². The van der Waals surface area contributed by atoms with E-state index in [0.717, 1.165) is 23.3 Å². The maximum absolute atomic E-state index is 12.0. The summed E-state index contributed by atoms with van der Waals surface area (Å²) in [5.41, 5.74) is 1.67. The fourth-order valence-electron chi connectivity index (χ4n) is 2.60. The van der Waals surface area contributed by atoms with Gasteiger partial charge in [0.25, 0.3) is 11.6 Å². The Bertz CT molecular complexity index is 1010. The van der Waals surface area contributed by atoms with Crippen molar-refractivity contribution in [1.29, 1.82) is 5.26 Å². The number of carbonyl (C=O) groups is 2. The van der Waals surface area contributed by atoms with E-state index < -0.39 is 23.4 Å². The van der Waals surface area contributed by atoms with E-state index in [9.17, 15) is 19.7 Å². The number of carbonyl (C=O) groups excluding carboxylic acids is 2. The van der Waals surface area contributed by atoms with E-state index >= 15 is 0 Å². The molecule has 0 unspecified atom stereocenters. The molecule has 0 heterocycles. The van der Waals surface area contributed by atoms with Crippen molar-refractivity contribution < 1.29 is 24.0 Å². The second kappa shape index (κ2) is 10.0. The summed E-state index contributed by atoms with van der Waals surface area (Å²) in [6.07, 6.45) is 0. The first-order valence-electron chi connectivity index (χ1n) is 9.08. The number of nitro benzene ring substituents is 1. The van der Waals surface area contributed by atoms with E-state index in [0.29, 0.717) is 5.75 Å². The Hall–Kier alpha value is -3.93. The van der Waals surface area contributed by atoms with Crippen LogP contribution in [0.15, 0.2) is 36.4 Å². The lowest BCUT2D eigenvalue weighted by Crippen LogP contribution is -2.24. The molecule has 0 atom stereocenters. The third kappa shape index (κ3) is 6.04. The Morgan fingerprint density at radius 1 is 1.20 bits per heavy atom. The maximum atomic E-state index is 12.0. The second-order valence-electron chi connectivity index (χ2n) is 6.79. The number of hydrogen-bond acceptors (Lipinski definition) is 7. The van der Waals surface area contributed by atoms with Gasteiger partial charge in [-0.1, -0.05) is 26.0 Å². The molecule has 0 aliphatic heterocycles. The molecule has 0 aliphatic carbocycles. The molecule has 9 nitrogen and oxygen atoms in total. The van der Waals surface area contributed by atoms with Crippen LogP contribution in [0.25, 0.3) is 0 Å². The zero-order valence-electron chi connectivity index (χ0n) is 16.8. The molecule has 0 aromatic heterocycles. The van der Waals surface area contributed by atoms with Crippen molar-refractivity contribution in [2.24, 2.45) is 0 Å². The lowest BCUT2D eigenvalue weighted by atomic mass is 10.0. The van der Waals surface area contributed by atoms with E-state index in [2.05, 4.69) is 5.32 Å². The molecule has 0 bridgehead atoms. The number of nitrogens with one attached hydrogen (secondary N) is 1. The summed E-state index contributed by atoms with van der Waals surface area (Å²) in [6, 6.07) is 10.9. The topological polar surface area (TPSA) is 132 Å². The molecule has 0 spiro atoms. The molecular weight excluding hydrogens is 390 g/mol. The first-order valence-corrected chi connectivity index (χ1v) is 9.08. The number of rotatable bonds is 8. The lowest BCUT2D eigenvalue weighted by Gasteiger charge is -2.14. The molecule has 0 aliphatic rings. The number of benzene rings is 2. The van der Waals surface area contributed by atoms with E-state index in [-0.39, 0.29) is 29.5 Å². The van der Waals surface area contributed by atoms with Crippen LogP contribution in [-0.2, 0) is 14.3 Å². The van der Waals surface area contributed by atoms with E-state index in [4.69, 9.17) is 14.7 Å². The number of nitriles is 1. The van der Waals surface area contributed by atoms with Crippen LogP contribution in [0.2, 0.25) is 0 Å². The normalized spacial score (nSPS) is 10.2. The van der Waals surface area contributed by atoms with Crippen molar-refractivity contribution in [2.75, 3.05) is 18.5 Å². The summed E-state index contributed by atoms with van der Waals surface area (Å²) in [4.78, 5) is 34.0. The van der Waals surface area contributed by atoms with Crippen LogP contribution in [0.3, 0.4) is 0 Å². The van der Waals surface area contributed by atoms with Gasteiger partial charge in [0, 0.05) is 12.1 Å². The zero-order chi connectivity index (χ0) is 22.3. The Kier molecular flexibility index (Phi) is 7.47. The van der Waals surface area contributed by atoms with Gasteiger partial charge in [-0.15, -0.1) is 0 Å². The Balaban J connectivity index is 1.90. The number of hydrogen-bond donors (Lipinski definition) is 1. The Morgan fingerprint density at radius 3 is 2.57 bits per heavy atom. The predicted molar refractivity (Wildman–Crippen MR) is 108 cm³/mol. The fraction of sp³-hybridized carbons (Fsp3) is 0.286. The van der Waals surface area contributed by atoms with Crippen LogP contribution in [0.1, 0.15) is 36.5 Å². The van der Waals surface area contributed by atoms with Crippen molar-refractivity contribution >= 4 is 23.3 Å². The molecule has 0 fully saturated rings. The van der Waals surface area contributed by atoms with Gasteiger partial charge in [-0.2, -0.15) is 5.26 Å². The van der Waals surface area contributed by atoms with Gasteiger partial charge in [0.2, 0.25) is 0 Å². The molecule has 0 saturated heterocycles. The average molecular weight is 411 g/mol. The van der Waals surface area contributed by atoms with E-state index in [1.807, 2.05) is 39.0 Å². The smallest absolute Gasteiger partial charge is 0.344 e. The SMILES string of the molecule is Cc1ccc(C(C)C)c(OCC(=O)OCC(=O)Nc2ccc([N+](=O)[O-])cc2C#N)c1. The number of nitrogens with zero attached hydrogens (tertiary/aromatic N) is 2. The third-order valence-electron chi connectivity index (χ3n) is 4.11. The molecule has 2 rings (SSSR count). The summed E-state index contributed by atoms with van der Waals surface area (Å²) in [6.45, 7) is 4.97. The van der Waals surface area contributed by atoms with Gasteiger partial charge >= 0.3 is 5.97 Å². The molecule has 156 valence electrons. The first kappa shape index (κ1) is 22.4. The van der Waals surface area contributed by atoms with Crippen LogP contribution in [0, 0.1) is 28.4 Å². The quantitative estimate of drug-likeness (QED) is 0.400. The first-order chi connectivity index (χ1) is 14.2. The second-order valence-corrected chi connectivity index (χ2v) is 6.79. The molecule has 30 heavy (non-hydrogen) atoms. The number of aryl methyl sites for hydroxylation is 1. The van der Waals surface area contributed by atoms with E-state index in [1.54, 1.807) is 6.07 Å². The number of ether oxygens (including phenoxy) is 2. The molecule has 1 amide bonds. The van der Waals surface area contributed by atoms with Crippen LogP contribution in [0.4, 0.5) is 11.4 Å². The summed E-state index contributed by atoms with van der Waals surface area (Å²) in [5, 5.41) is 22.2. The number of nitro groups is 1. The van der Waals surface area contributed by atoms with Crippen molar-refractivity contribution in [2.45, 2.75) is 26.7 Å². The van der Waals surface area contributed by atoms with Crippen LogP contribution in [-0.4, -0.2) is 30.0 Å². The highest BCUT2D eigenvalue weighted by Gasteiger charge is 2.15. The lowest BCUT2D eigenvalue weighted by molar-refractivity contribution is -0.384. The average Bonchev–Trinajstić information content (AvgIpc) is 2.70. The highest BCUT2D eigenvalue weighted by molar-refractivity contribution is 5.94. The largest absolute Gasteiger partial charge is 0.482 e. The highest BCUT2D eigenvalue weighted by Crippen LogP contribution is 2.27. The molecule has 0 radical (unpaired) electrons. The minimum atomic E-state index is -0.731. The molecular formula is C21H21N3O6. The van der Waals surface area contributed by atoms with Gasteiger partial charge < -0.3 is 14.8 Å². The van der Waals surface area contributed by atoms with Gasteiger partial charge in [0.15, 0.2) is 13.2 Å². The third-order valence-corrected chi connectivity index (χ3v) is 4.11. The standard InChI is InChI=1S/C21H21N3O6/c1-13(2)17-6-4-14(3)8-19(17)29-12-21(26)30-11-20(25)23-18-7-5-16(24(27)28)9-15(18)10-22/h4-9,13H,11-12H2,1-3H3,(H,23,25). The monoisotopic (exact) mass is 411 g/mol. The Labute approximate surface area is 173 Å². The summed E-state index contributed by atoms with van der Waals surface area (Å²) in [5.74, 6) is -0.632. The summed E-state index contributed by atoms with van der Waals surface area (Å²) in [7, 11) is 0. The molecule has 2 aromatic rings. The van der Waals surface area contributed by atoms with Gasteiger partial charge in [-0.25, -0.2) is 4.79 Å².